The topological polar surface area (TPSA) is 75.7 Å². The Labute approximate surface area is 110 Å². The zero-order valence-electron chi connectivity index (χ0n) is 10.2. The van der Waals surface area contributed by atoms with Crippen LogP contribution in [0.15, 0.2) is 41.6 Å². The third-order valence-electron chi connectivity index (χ3n) is 4.22. The molecular formula is C14H14N2O3. The van der Waals surface area contributed by atoms with Crippen molar-refractivity contribution in [1.82, 2.24) is 0 Å². The molecule has 2 aliphatic rings. The van der Waals surface area contributed by atoms with E-state index in [1.165, 1.54) is 6.07 Å². The molecule has 1 aromatic carbocycles. The van der Waals surface area contributed by atoms with Crippen molar-refractivity contribution in [2.75, 3.05) is 0 Å². The molecule has 98 valence electrons. The first-order valence-electron chi connectivity index (χ1n) is 6.31. The number of hydrogen-bond donors (Lipinski definition) is 1. The largest absolute Gasteiger partial charge is 0.411 e. The van der Waals surface area contributed by atoms with Crippen LogP contribution in [-0.4, -0.2) is 16.3 Å². The third kappa shape index (κ3) is 1.91. The van der Waals surface area contributed by atoms with Crippen molar-refractivity contribution in [2.45, 2.75) is 12.3 Å². The molecule has 3 rings (SSSR count). The molecule has 4 unspecified atom stereocenters. The molecule has 0 heterocycles. The van der Waals surface area contributed by atoms with E-state index in [-0.39, 0.29) is 22.4 Å². The average molecular weight is 258 g/mol. The van der Waals surface area contributed by atoms with Crippen LogP contribution >= 0.6 is 0 Å². The molecule has 1 fully saturated rings. The predicted octanol–water partition coefficient (Wildman–Crippen LogP) is 2.96. The van der Waals surface area contributed by atoms with E-state index in [4.69, 9.17) is 5.21 Å². The lowest BCUT2D eigenvalue weighted by Crippen LogP contribution is -2.19. The van der Waals surface area contributed by atoms with Gasteiger partial charge in [0.1, 0.15) is 0 Å². The fourth-order valence-electron chi connectivity index (χ4n) is 3.46. The minimum atomic E-state index is -0.373. The lowest BCUT2D eigenvalue weighted by Gasteiger charge is -2.24. The molecule has 0 aromatic heterocycles. The Hall–Kier alpha value is -2.17. The maximum atomic E-state index is 10.9. The van der Waals surface area contributed by atoms with Gasteiger partial charge in [0.05, 0.1) is 4.92 Å². The summed E-state index contributed by atoms with van der Waals surface area (Å²) in [4.78, 5) is 10.5. The molecule has 4 atom stereocenters. The lowest BCUT2D eigenvalue weighted by atomic mass is 9.79. The van der Waals surface area contributed by atoms with Crippen LogP contribution in [0.3, 0.4) is 0 Å². The Balaban J connectivity index is 1.98. The number of nitro benzene ring substituents is 1. The van der Waals surface area contributed by atoms with Gasteiger partial charge in [-0.3, -0.25) is 10.1 Å². The number of allylic oxidation sites excluding steroid dienone is 2. The summed E-state index contributed by atoms with van der Waals surface area (Å²) in [7, 11) is 0. The number of non-ortho nitro benzene ring substituents is 1. The van der Waals surface area contributed by atoms with Gasteiger partial charge in [0.2, 0.25) is 0 Å². The summed E-state index contributed by atoms with van der Waals surface area (Å²) >= 11 is 0. The number of hydrogen-bond acceptors (Lipinski definition) is 4. The van der Waals surface area contributed by atoms with Gasteiger partial charge in [-0.2, -0.15) is 0 Å². The second-order valence-electron chi connectivity index (χ2n) is 5.17. The van der Waals surface area contributed by atoms with Crippen LogP contribution in [0.5, 0.6) is 0 Å². The SMILES string of the molecule is O=[N+]([O-])c1cccc(C2C3C=CC(C3)C2C=NO)c1. The fourth-order valence-corrected chi connectivity index (χ4v) is 3.46. The third-order valence-corrected chi connectivity index (χ3v) is 4.22. The number of benzene rings is 1. The predicted molar refractivity (Wildman–Crippen MR) is 70.3 cm³/mol. The highest BCUT2D eigenvalue weighted by Crippen LogP contribution is 2.52. The summed E-state index contributed by atoms with van der Waals surface area (Å²) in [5.74, 6) is 1.06. The van der Waals surface area contributed by atoms with E-state index >= 15 is 0 Å². The molecule has 5 heteroatoms. The van der Waals surface area contributed by atoms with E-state index in [1.807, 2.05) is 6.07 Å². The first kappa shape index (κ1) is 11.9. The van der Waals surface area contributed by atoms with Crippen molar-refractivity contribution in [1.29, 1.82) is 0 Å². The van der Waals surface area contributed by atoms with Crippen LogP contribution < -0.4 is 0 Å². The fraction of sp³-hybridized carbons (Fsp3) is 0.357. The molecule has 0 spiro atoms. The van der Waals surface area contributed by atoms with Gasteiger partial charge in [-0.25, -0.2) is 0 Å². The summed E-state index contributed by atoms with van der Waals surface area (Å²) < 4.78 is 0. The van der Waals surface area contributed by atoms with Gasteiger partial charge in [0.25, 0.3) is 5.69 Å². The van der Waals surface area contributed by atoms with Crippen LogP contribution in [0.1, 0.15) is 17.9 Å². The van der Waals surface area contributed by atoms with E-state index in [2.05, 4.69) is 17.3 Å². The monoisotopic (exact) mass is 258 g/mol. The van der Waals surface area contributed by atoms with Gasteiger partial charge in [0.15, 0.2) is 0 Å². The minimum absolute atomic E-state index is 0.115. The maximum Gasteiger partial charge on any atom is 0.269 e. The molecule has 19 heavy (non-hydrogen) atoms. The van der Waals surface area contributed by atoms with E-state index in [0.29, 0.717) is 11.8 Å². The second kappa shape index (κ2) is 4.50. The molecule has 0 radical (unpaired) electrons. The second-order valence-corrected chi connectivity index (χ2v) is 5.17. The van der Waals surface area contributed by atoms with Gasteiger partial charge >= 0.3 is 0 Å². The smallest absolute Gasteiger partial charge is 0.269 e. The lowest BCUT2D eigenvalue weighted by molar-refractivity contribution is -0.384. The zero-order valence-corrected chi connectivity index (χ0v) is 10.2. The molecule has 5 nitrogen and oxygen atoms in total. The normalized spacial score (nSPS) is 32.2. The van der Waals surface area contributed by atoms with Gasteiger partial charge in [-0.05, 0) is 29.7 Å². The summed E-state index contributed by atoms with van der Waals surface area (Å²) in [5, 5.41) is 22.8. The highest BCUT2D eigenvalue weighted by atomic mass is 16.6. The standard InChI is InChI=1S/C14H14N2O3/c17-15-8-13-9-4-5-11(6-9)14(13)10-2-1-3-12(7-10)16(18)19/h1-5,7-9,11,13-14,17H,6H2. The van der Waals surface area contributed by atoms with Crippen molar-refractivity contribution in [2.24, 2.45) is 22.9 Å². The Bertz CT molecular complexity index is 568. The quantitative estimate of drug-likeness (QED) is 0.298. The summed E-state index contributed by atoms with van der Waals surface area (Å²) in [6.45, 7) is 0. The van der Waals surface area contributed by atoms with E-state index < -0.39 is 0 Å². The van der Waals surface area contributed by atoms with Crippen molar-refractivity contribution >= 4 is 11.9 Å². The van der Waals surface area contributed by atoms with Crippen molar-refractivity contribution in [3.8, 4) is 0 Å². The van der Waals surface area contributed by atoms with Crippen molar-refractivity contribution < 1.29 is 10.1 Å². The summed E-state index contributed by atoms with van der Waals surface area (Å²) in [6.07, 6.45) is 6.93. The average Bonchev–Trinajstić information content (AvgIpc) is 3.00. The van der Waals surface area contributed by atoms with Crippen LogP contribution in [0.2, 0.25) is 0 Å². The molecule has 1 N–H and O–H groups in total. The zero-order chi connectivity index (χ0) is 13.4. The van der Waals surface area contributed by atoms with Crippen LogP contribution in [0.4, 0.5) is 5.69 Å². The maximum absolute atomic E-state index is 10.9. The van der Waals surface area contributed by atoms with Gasteiger partial charge in [-0.1, -0.05) is 24.3 Å². The molecular weight excluding hydrogens is 244 g/mol. The Kier molecular flexibility index (Phi) is 2.81. The van der Waals surface area contributed by atoms with E-state index in [1.54, 1.807) is 18.3 Å². The van der Waals surface area contributed by atoms with Gasteiger partial charge in [-0.15, -0.1) is 5.16 Å². The number of oxime groups is 1. The number of nitrogens with zero attached hydrogens (tertiary/aromatic N) is 2. The highest BCUT2D eigenvalue weighted by molar-refractivity contribution is 5.65. The number of nitro groups is 1. The first-order chi connectivity index (χ1) is 9.20. The van der Waals surface area contributed by atoms with Crippen LogP contribution in [0, 0.1) is 27.9 Å². The Morgan fingerprint density at radius 1 is 1.37 bits per heavy atom. The highest BCUT2D eigenvalue weighted by Gasteiger charge is 2.44. The Morgan fingerprint density at radius 2 is 2.16 bits per heavy atom. The molecule has 1 aromatic rings. The summed E-state index contributed by atoms with van der Waals surface area (Å²) in [5.41, 5.74) is 1.07. The molecule has 2 bridgehead atoms. The number of fused-ring (bicyclic) bond motifs is 2. The van der Waals surface area contributed by atoms with Crippen LogP contribution in [-0.2, 0) is 0 Å². The molecule has 0 amide bonds. The van der Waals surface area contributed by atoms with E-state index in [9.17, 15) is 10.1 Å². The Morgan fingerprint density at radius 3 is 2.89 bits per heavy atom. The van der Waals surface area contributed by atoms with Crippen LogP contribution in [0.25, 0.3) is 0 Å². The van der Waals surface area contributed by atoms with Gasteiger partial charge in [0, 0.05) is 24.3 Å². The molecule has 1 saturated carbocycles. The van der Waals surface area contributed by atoms with E-state index in [0.717, 1.165) is 12.0 Å². The number of rotatable bonds is 3. The molecule has 2 aliphatic carbocycles. The first-order valence-corrected chi connectivity index (χ1v) is 6.31. The van der Waals surface area contributed by atoms with Crippen molar-refractivity contribution in [3.63, 3.8) is 0 Å². The molecule has 0 saturated heterocycles. The molecule has 0 aliphatic heterocycles. The van der Waals surface area contributed by atoms with Gasteiger partial charge < -0.3 is 5.21 Å². The summed E-state index contributed by atoms with van der Waals surface area (Å²) in [6, 6.07) is 6.78. The minimum Gasteiger partial charge on any atom is -0.411 e. The van der Waals surface area contributed by atoms with Crippen molar-refractivity contribution in [3.05, 3.63) is 52.1 Å².